The largest absolute Gasteiger partial charge is 0.398 e. The molecule has 6 heteroatoms. The van der Waals surface area contributed by atoms with Gasteiger partial charge in [-0.2, -0.15) is 0 Å². The number of nitrogens with two attached hydrogens (primary N) is 2. The van der Waals surface area contributed by atoms with E-state index in [9.17, 15) is 8.42 Å². The van der Waals surface area contributed by atoms with Crippen LogP contribution in [-0.2, 0) is 15.4 Å². The molecule has 0 radical (unpaired) electrons. The third-order valence-corrected chi connectivity index (χ3v) is 5.97. The van der Waals surface area contributed by atoms with Crippen LogP contribution in [0.5, 0.6) is 0 Å². The van der Waals surface area contributed by atoms with Gasteiger partial charge in [-0.05, 0) is 23.0 Å². The second-order valence-electron chi connectivity index (χ2n) is 6.43. The Bertz CT molecular complexity index is 843. The van der Waals surface area contributed by atoms with Crippen molar-refractivity contribution < 1.29 is 8.42 Å². The van der Waals surface area contributed by atoms with Crippen LogP contribution in [0, 0.1) is 5.92 Å². The Hall–Kier alpha value is -1.30. The second kappa shape index (κ2) is 5.41. The van der Waals surface area contributed by atoms with Gasteiger partial charge in [-0.15, -0.1) is 0 Å². The van der Waals surface area contributed by atoms with E-state index >= 15 is 0 Å². The highest BCUT2D eigenvalue weighted by Crippen LogP contribution is 2.41. The minimum Gasteiger partial charge on any atom is -0.398 e. The van der Waals surface area contributed by atoms with Crippen LogP contribution in [0.4, 0.5) is 5.69 Å². The molecule has 0 unspecified atom stereocenters. The molecule has 0 aliphatic carbocycles. The standard InChI is InChI=1S/C16H21ClN2O2S/c1-9(2)16(3,4)12-7-5-10-11(15(12)22(19,20)21)6-8-13(18)14(10)17/h5-9H,18H2,1-4H3,(H2,19,20,21). The first-order chi connectivity index (χ1) is 9.98. The molecule has 4 N–H and O–H groups in total. The summed E-state index contributed by atoms with van der Waals surface area (Å²) in [6.45, 7) is 8.11. The van der Waals surface area contributed by atoms with E-state index in [4.69, 9.17) is 22.5 Å². The monoisotopic (exact) mass is 340 g/mol. The molecule has 0 saturated heterocycles. The first-order valence-electron chi connectivity index (χ1n) is 7.02. The predicted molar refractivity (Wildman–Crippen MR) is 92.6 cm³/mol. The van der Waals surface area contributed by atoms with Crippen molar-refractivity contribution in [1.29, 1.82) is 0 Å². The molecule has 2 aromatic carbocycles. The number of nitrogen functional groups attached to an aromatic ring is 1. The fourth-order valence-corrected chi connectivity index (χ4v) is 3.83. The Balaban J connectivity index is 3.01. The normalized spacial score (nSPS) is 13.0. The molecule has 0 atom stereocenters. The molecular weight excluding hydrogens is 320 g/mol. The summed E-state index contributed by atoms with van der Waals surface area (Å²) in [5.74, 6) is 0.231. The van der Waals surface area contributed by atoms with Crippen molar-refractivity contribution in [3.63, 3.8) is 0 Å². The molecule has 0 aromatic heterocycles. The van der Waals surface area contributed by atoms with Gasteiger partial charge in [0, 0.05) is 10.8 Å². The summed E-state index contributed by atoms with van der Waals surface area (Å²) in [6.07, 6.45) is 0. The van der Waals surface area contributed by atoms with Crippen LogP contribution < -0.4 is 10.9 Å². The third-order valence-electron chi connectivity index (χ3n) is 4.54. The summed E-state index contributed by atoms with van der Waals surface area (Å²) in [4.78, 5) is 0.130. The van der Waals surface area contributed by atoms with Gasteiger partial charge in [0.1, 0.15) is 0 Å². The second-order valence-corrected chi connectivity index (χ2v) is 8.30. The lowest BCUT2D eigenvalue weighted by Crippen LogP contribution is -2.28. The van der Waals surface area contributed by atoms with Crippen LogP contribution in [0.2, 0.25) is 5.02 Å². The quantitative estimate of drug-likeness (QED) is 0.836. The van der Waals surface area contributed by atoms with Crippen LogP contribution in [0.15, 0.2) is 29.2 Å². The van der Waals surface area contributed by atoms with Crippen molar-refractivity contribution in [3.05, 3.63) is 34.9 Å². The minimum absolute atomic E-state index is 0.130. The van der Waals surface area contributed by atoms with E-state index in [2.05, 4.69) is 0 Å². The van der Waals surface area contributed by atoms with Gasteiger partial charge in [-0.25, -0.2) is 13.6 Å². The van der Waals surface area contributed by atoms with Crippen LogP contribution in [0.3, 0.4) is 0 Å². The summed E-state index contributed by atoms with van der Waals surface area (Å²) in [5.41, 5.74) is 6.55. The van der Waals surface area contributed by atoms with Crippen molar-refractivity contribution in [2.75, 3.05) is 5.73 Å². The molecular formula is C16H21ClN2O2S. The van der Waals surface area contributed by atoms with Gasteiger partial charge in [0.05, 0.1) is 15.6 Å². The third kappa shape index (κ3) is 2.69. The number of benzene rings is 2. The molecule has 0 heterocycles. The lowest BCUT2D eigenvalue weighted by atomic mass is 9.74. The van der Waals surface area contributed by atoms with Gasteiger partial charge in [-0.1, -0.05) is 57.5 Å². The highest BCUT2D eigenvalue weighted by molar-refractivity contribution is 7.89. The van der Waals surface area contributed by atoms with E-state index in [1.807, 2.05) is 33.8 Å². The van der Waals surface area contributed by atoms with Crippen molar-refractivity contribution in [2.24, 2.45) is 11.1 Å². The van der Waals surface area contributed by atoms with Gasteiger partial charge in [0.25, 0.3) is 0 Å². The molecule has 120 valence electrons. The van der Waals surface area contributed by atoms with Crippen LogP contribution >= 0.6 is 11.6 Å². The molecule has 2 aromatic rings. The van der Waals surface area contributed by atoms with E-state index in [0.717, 1.165) is 0 Å². The van der Waals surface area contributed by atoms with E-state index in [-0.39, 0.29) is 16.2 Å². The van der Waals surface area contributed by atoms with Gasteiger partial charge in [-0.3, -0.25) is 0 Å². The maximum Gasteiger partial charge on any atom is 0.238 e. The number of primary sulfonamides is 1. The van der Waals surface area contributed by atoms with Crippen LogP contribution in [0.1, 0.15) is 33.3 Å². The lowest BCUT2D eigenvalue weighted by Gasteiger charge is -2.32. The molecule has 0 spiro atoms. The number of hydrogen-bond acceptors (Lipinski definition) is 3. The van der Waals surface area contributed by atoms with Crippen molar-refractivity contribution >= 4 is 38.1 Å². The van der Waals surface area contributed by atoms with Gasteiger partial charge in [0.15, 0.2) is 0 Å². The molecule has 0 aliphatic heterocycles. The summed E-state index contributed by atoms with van der Waals surface area (Å²) in [6, 6.07) is 6.86. The first-order valence-corrected chi connectivity index (χ1v) is 8.94. The van der Waals surface area contributed by atoms with Gasteiger partial charge >= 0.3 is 0 Å². The Kier molecular flexibility index (Phi) is 4.19. The SMILES string of the molecule is CC(C)C(C)(C)c1ccc2c(Cl)c(N)ccc2c1S(N)(=O)=O. The first kappa shape index (κ1) is 17.1. The number of hydrogen-bond donors (Lipinski definition) is 2. The van der Waals surface area contributed by atoms with Crippen molar-refractivity contribution in [3.8, 4) is 0 Å². The maximum absolute atomic E-state index is 12.2. The molecule has 0 saturated carbocycles. The highest BCUT2D eigenvalue weighted by Gasteiger charge is 2.32. The molecule has 0 aliphatic rings. The zero-order valence-electron chi connectivity index (χ0n) is 13.1. The molecule has 4 nitrogen and oxygen atoms in total. The maximum atomic E-state index is 12.2. The Morgan fingerprint density at radius 2 is 1.64 bits per heavy atom. The van der Waals surface area contributed by atoms with Crippen molar-refractivity contribution in [1.82, 2.24) is 0 Å². The number of halogens is 1. The van der Waals surface area contributed by atoms with E-state index in [1.54, 1.807) is 18.2 Å². The van der Waals surface area contributed by atoms with E-state index in [1.165, 1.54) is 0 Å². The zero-order valence-corrected chi connectivity index (χ0v) is 14.7. The Morgan fingerprint density at radius 1 is 1.09 bits per heavy atom. The zero-order chi connectivity index (χ0) is 16.9. The number of anilines is 1. The average molecular weight is 341 g/mol. The summed E-state index contributed by atoms with van der Waals surface area (Å²) in [5, 5.41) is 6.95. The molecule has 2 rings (SSSR count). The van der Waals surface area contributed by atoms with Gasteiger partial charge < -0.3 is 5.73 Å². The number of fused-ring (bicyclic) bond motifs is 1. The number of sulfonamides is 1. The fourth-order valence-electron chi connectivity index (χ4n) is 2.48. The Labute approximate surface area is 136 Å². The Morgan fingerprint density at radius 3 is 2.14 bits per heavy atom. The number of rotatable bonds is 3. The lowest BCUT2D eigenvalue weighted by molar-refractivity contribution is 0.366. The topological polar surface area (TPSA) is 86.2 Å². The summed E-state index contributed by atoms with van der Waals surface area (Å²) < 4.78 is 24.5. The van der Waals surface area contributed by atoms with Gasteiger partial charge in [0.2, 0.25) is 10.0 Å². The minimum atomic E-state index is -3.91. The smallest absolute Gasteiger partial charge is 0.238 e. The van der Waals surface area contributed by atoms with E-state index < -0.39 is 10.0 Å². The summed E-state index contributed by atoms with van der Waals surface area (Å²) >= 11 is 6.22. The van der Waals surface area contributed by atoms with Crippen LogP contribution in [0.25, 0.3) is 10.8 Å². The molecule has 0 fully saturated rings. The molecule has 0 amide bonds. The van der Waals surface area contributed by atoms with E-state index in [0.29, 0.717) is 27.0 Å². The highest BCUT2D eigenvalue weighted by atomic mass is 35.5. The van der Waals surface area contributed by atoms with Crippen LogP contribution in [-0.4, -0.2) is 8.42 Å². The molecule has 22 heavy (non-hydrogen) atoms. The average Bonchev–Trinajstić information content (AvgIpc) is 2.40. The molecule has 0 bridgehead atoms. The predicted octanol–water partition coefficient (Wildman–Crippen LogP) is 3.66. The fraction of sp³-hybridized carbons (Fsp3) is 0.375. The summed E-state index contributed by atoms with van der Waals surface area (Å²) in [7, 11) is -3.91. The van der Waals surface area contributed by atoms with Crippen molar-refractivity contribution in [2.45, 2.75) is 38.0 Å².